The highest BCUT2D eigenvalue weighted by Crippen LogP contribution is 2.32. The van der Waals surface area contributed by atoms with Crippen LogP contribution in [-0.4, -0.2) is 58.5 Å². The van der Waals surface area contributed by atoms with Crippen LogP contribution in [0.3, 0.4) is 0 Å². The number of aromatic amines is 1. The summed E-state index contributed by atoms with van der Waals surface area (Å²) in [7, 11) is 0. The van der Waals surface area contributed by atoms with Gasteiger partial charge in [-0.15, -0.1) is 24.8 Å². The zero-order valence-corrected chi connectivity index (χ0v) is 30.6. The Kier molecular flexibility index (Phi) is 14.9. The first-order chi connectivity index (χ1) is 24.2. The summed E-state index contributed by atoms with van der Waals surface area (Å²) in [6.07, 6.45) is 5.38. The van der Waals surface area contributed by atoms with Gasteiger partial charge in [-0.3, -0.25) is 14.9 Å². The lowest BCUT2D eigenvalue weighted by atomic mass is 9.80. The van der Waals surface area contributed by atoms with E-state index in [9.17, 15) is 24.6 Å². The number of phenols is 1. The van der Waals surface area contributed by atoms with E-state index in [1.165, 1.54) is 12.1 Å². The molecule has 13 heteroatoms. The van der Waals surface area contributed by atoms with E-state index in [0.29, 0.717) is 60.4 Å². The number of nitrogens with one attached hydrogen (secondary N) is 4. The number of anilines is 1. The fourth-order valence-corrected chi connectivity index (χ4v) is 7.07. The number of phenolic OH excluding ortho intramolecular Hbond substituents is 1. The Labute approximate surface area is 315 Å². The minimum absolute atomic E-state index is 0. The van der Waals surface area contributed by atoms with E-state index < -0.39 is 12.2 Å². The number of hydrogen-bond donors (Lipinski definition) is 7. The molecule has 0 aliphatic heterocycles. The number of halogens is 2. The van der Waals surface area contributed by atoms with E-state index in [2.05, 4.69) is 20.9 Å². The number of nitrogens with two attached hydrogens (primary N) is 1. The molecule has 2 aliphatic carbocycles. The number of aromatic nitrogens is 1. The fourth-order valence-electron chi connectivity index (χ4n) is 7.07. The third-order valence-electron chi connectivity index (χ3n) is 9.90. The second-order valence-corrected chi connectivity index (χ2v) is 13.7. The first-order valence-electron chi connectivity index (χ1n) is 17.7. The molecule has 0 unspecified atom stereocenters. The zero-order valence-electron chi connectivity index (χ0n) is 29.0. The minimum atomic E-state index is -0.809. The first-order valence-corrected chi connectivity index (χ1v) is 17.7. The predicted octanol–water partition coefficient (Wildman–Crippen LogP) is 6.10. The van der Waals surface area contributed by atoms with E-state index in [-0.39, 0.29) is 60.2 Å². The van der Waals surface area contributed by atoms with Crippen molar-refractivity contribution in [2.75, 3.05) is 18.4 Å². The third-order valence-corrected chi connectivity index (χ3v) is 9.90. The van der Waals surface area contributed by atoms with Gasteiger partial charge in [0.05, 0.1) is 17.3 Å². The van der Waals surface area contributed by atoms with Gasteiger partial charge in [-0.1, -0.05) is 48.5 Å². The number of aliphatic hydroxyl groups is 1. The van der Waals surface area contributed by atoms with Crippen molar-refractivity contribution in [3.63, 3.8) is 0 Å². The summed E-state index contributed by atoms with van der Waals surface area (Å²) >= 11 is 0. The standard InChI is InChI=1S/C39H47N5O6.2ClH/c40-27-10-12-29(13-11-27)50-39(49)43-33-21-24(9-14-30(33)26-6-2-1-3-7-26)5-4-8-36(47)42-28-19-25(20-28)22-41-23-35(46)31-15-17-34(45)38-32(31)16-18-37(48)44-38;;/h1-3,6-7,9,14-18,21,25,27-29,35,41,45-46H,4-5,8,10-13,19-20,22-23,40H2,(H,42,47)(H,43,49)(H,44,48);2*1H/t25?,27?,28?,29?,35-;;/m0../s1. The van der Waals surface area contributed by atoms with Crippen molar-refractivity contribution in [1.82, 2.24) is 15.6 Å². The molecular weight excluding hydrogens is 705 g/mol. The minimum Gasteiger partial charge on any atom is -0.506 e. The SMILES string of the molecule is Cl.Cl.NC1CCC(OC(=O)Nc2cc(CCCC(=O)NC3CC(CNC[C@H](O)c4ccc(O)c5[nH]c(=O)ccc45)C3)ccc2-c2ccccc2)CC1. The number of hydrogen-bond acceptors (Lipinski definition) is 8. The number of H-pyrrole nitrogens is 1. The van der Waals surface area contributed by atoms with E-state index in [1.807, 2.05) is 48.5 Å². The van der Waals surface area contributed by atoms with Crippen molar-refractivity contribution in [3.8, 4) is 16.9 Å². The van der Waals surface area contributed by atoms with Crippen LogP contribution >= 0.6 is 24.8 Å². The summed E-state index contributed by atoms with van der Waals surface area (Å²) in [6.45, 7) is 1.04. The molecule has 2 amide bonds. The van der Waals surface area contributed by atoms with Crippen LogP contribution in [0.15, 0.2) is 77.6 Å². The van der Waals surface area contributed by atoms with Gasteiger partial charge in [0.1, 0.15) is 11.9 Å². The van der Waals surface area contributed by atoms with Crippen LogP contribution in [0, 0.1) is 5.92 Å². The van der Waals surface area contributed by atoms with Crippen LogP contribution in [0.1, 0.15) is 68.6 Å². The highest BCUT2D eigenvalue weighted by atomic mass is 35.5. The molecular formula is C39H49Cl2N5O6. The van der Waals surface area contributed by atoms with Crippen LogP contribution in [0.25, 0.3) is 22.0 Å². The number of pyridine rings is 1. The maximum atomic E-state index is 12.9. The number of carbonyl (C=O) groups excluding carboxylic acids is 2. The number of aromatic hydroxyl groups is 1. The van der Waals surface area contributed by atoms with E-state index >= 15 is 0 Å². The molecule has 2 saturated carbocycles. The molecule has 6 rings (SSSR count). The van der Waals surface area contributed by atoms with Gasteiger partial charge in [-0.25, -0.2) is 4.79 Å². The molecule has 1 aromatic heterocycles. The normalized spacial score (nSPS) is 20.0. The number of rotatable bonds is 13. The summed E-state index contributed by atoms with van der Waals surface area (Å²) in [4.78, 5) is 39.9. The molecule has 8 N–H and O–H groups in total. The van der Waals surface area contributed by atoms with Gasteiger partial charge in [0.25, 0.3) is 0 Å². The average molecular weight is 755 g/mol. The highest BCUT2D eigenvalue weighted by molar-refractivity contribution is 5.92. The zero-order chi connectivity index (χ0) is 35.0. The van der Waals surface area contributed by atoms with Gasteiger partial charge >= 0.3 is 6.09 Å². The smallest absolute Gasteiger partial charge is 0.411 e. The lowest BCUT2D eigenvalue weighted by Gasteiger charge is -2.36. The van der Waals surface area contributed by atoms with E-state index in [1.54, 1.807) is 12.1 Å². The van der Waals surface area contributed by atoms with E-state index in [0.717, 1.165) is 55.2 Å². The summed E-state index contributed by atoms with van der Waals surface area (Å²) < 4.78 is 5.73. The number of carbonyl (C=O) groups is 2. The molecule has 0 spiro atoms. The lowest BCUT2D eigenvalue weighted by molar-refractivity contribution is -0.122. The van der Waals surface area contributed by atoms with Gasteiger partial charge in [-0.05, 0) is 98.7 Å². The van der Waals surface area contributed by atoms with Crippen molar-refractivity contribution in [2.45, 2.75) is 82.1 Å². The van der Waals surface area contributed by atoms with Gasteiger partial charge in [0.2, 0.25) is 11.5 Å². The van der Waals surface area contributed by atoms with Gasteiger partial charge in [-0.2, -0.15) is 0 Å². The quantitative estimate of drug-likeness (QED) is 0.0856. The number of benzene rings is 3. The van der Waals surface area contributed by atoms with Gasteiger partial charge in [0.15, 0.2) is 0 Å². The molecule has 280 valence electrons. The maximum absolute atomic E-state index is 12.9. The number of fused-ring (bicyclic) bond motifs is 1. The van der Waals surface area contributed by atoms with Gasteiger partial charge < -0.3 is 36.3 Å². The molecule has 0 saturated heterocycles. The van der Waals surface area contributed by atoms with Crippen LogP contribution < -0.4 is 27.2 Å². The maximum Gasteiger partial charge on any atom is 0.411 e. The van der Waals surface area contributed by atoms with Gasteiger partial charge in [0, 0.05) is 42.1 Å². The van der Waals surface area contributed by atoms with Crippen LogP contribution in [0.4, 0.5) is 10.5 Å². The Morgan fingerprint density at radius 3 is 2.46 bits per heavy atom. The van der Waals surface area contributed by atoms with Crippen molar-refractivity contribution in [3.05, 3.63) is 94.3 Å². The molecule has 2 fully saturated rings. The fraction of sp³-hybridized carbons (Fsp3) is 0.410. The monoisotopic (exact) mass is 753 g/mol. The van der Waals surface area contributed by atoms with Crippen molar-refractivity contribution < 1.29 is 24.5 Å². The molecule has 2 aliphatic rings. The second-order valence-electron chi connectivity index (χ2n) is 13.7. The molecule has 1 atom stereocenters. The summed E-state index contributed by atoms with van der Waals surface area (Å²) in [6, 6.07) is 22.4. The molecule has 4 aromatic rings. The number of aryl methyl sites for hydroxylation is 1. The number of ether oxygens (including phenoxy) is 1. The summed E-state index contributed by atoms with van der Waals surface area (Å²) in [5.41, 5.74) is 10.2. The Balaban J connectivity index is 0.00000302. The van der Waals surface area contributed by atoms with Crippen molar-refractivity contribution in [2.24, 2.45) is 11.7 Å². The Morgan fingerprint density at radius 1 is 0.962 bits per heavy atom. The number of aliphatic hydroxyl groups excluding tert-OH is 1. The number of amides is 2. The Hall–Kier alpha value is -4.13. The molecule has 1 heterocycles. The van der Waals surface area contributed by atoms with Crippen LogP contribution in [0.2, 0.25) is 0 Å². The molecule has 11 nitrogen and oxygen atoms in total. The molecule has 0 bridgehead atoms. The molecule has 52 heavy (non-hydrogen) atoms. The largest absolute Gasteiger partial charge is 0.506 e. The van der Waals surface area contributed by atoms with Crippen molar-refractivity contribution in [1.29, 1.82) is 0 Å². The highest BCUT2D eigenvalue weighted by Gasteiger charge is 2.30. The van der Waals surface area contributed by atoms with Crippen molar-refractivity contribution >= 4 is 53.4 Å². The average Bonchev–Trinajstić information content (AvgIpc) is 3.09. The predicted molar refractivity (Wildman–Crippen MR) is 208 cm³/mol. The summed E-state index contributed by atoms with van der Waals surface area (Å²) in [5.74, 6) is 0.393. The first kappa shape index (κ1) is 40.6. The molecule has 0 radical (unpaired) electrons. The second kappa shape index (κ2) is 19.1. The third kappa shape index (κ3) is 10.7. The summed E-state index contributed by atoms with van der Waals surface area (Å²) in [5, 5.41) is 30.9. The Morgan fingerprint density at radius 2 is 1.71 bits per heavy atom. The topological polar surface area (TPSA) is 179 Å². The van der Waals surface area contributed by atoms with Crippen LogP contribution in [-0.2, 0) is 16.0 Å². The lowest BCUT2D eigenvalue weighted by Crippen LogP contribution is -2.47. The van der Waals surface area contributed by atoms with E-state index in [4.69, 9.17) is 10.5 Å². The molecule has 3 aromatic carbocycles. The van der Waals surface area contributed by atoms with Crippen LogP contribution in [0.5, 0.6) is 5.75 Å². The Bertz CT molecular complexity index is 1840.